The molecule has 2 rings (SSSR count). The summed E-state index contributed by atoms with van der Waals surface area (Å²) < 4.78 is 5.22. The lowest BCUT2D eigenvalue weighted by atomic mass is 10.0. The lowest BCUT2D eigenvalue weighted by molar-refractivity contribution is -0.130. The molecule has 1 N–H and O–H groups in total. The minimum atomic E-state index is -0.961. The van der Waals surface area contributed by atoms with Crippen molar-refractivity contribution in [2.45, 2.75) is 0 Å². The van der Waals surface area contributed by atoms with Crippen LogP contribution in [0.4, 0.5) is 0 Å². The smallest absolute Gasteiger partial charge is 0.336 e. The highest BCUT2D eigenvalue weighted by molar-refractivity contribution is 6.20. The van der Waals surface area contributed by atoms with Gasteiger partial charge in [0.2, 0.25) is 0 Å². The highest BCUT2D eigenvalue weighted by atomic mass is 16.5. The van der Waals surface area contributed by atoms with Crippen LogP contribution in [0.15, 0.2) is 54.6 Å². The Labute approximate surface area is 111 Å². The van der Waals surface area contributed by atoms with E-state index in [0.717, 1.165) is 5.56 Å². The summed E-state index contributed by atoms with van der Waals surface area (Å²) in [5, 5.41) is 9.34. The van der Waals surface area contributed by atoms with Crippen molar-refractivity contribution < 1.29 is 14.6 Å². The Morgan fingerprint density at radius 3 is 2.32 bits per heavy atom. The summed E-state index contributed by atoms with van der Waals surface area (Å²) in [6, 6.07) is 16.3. The average molecular weight is 254 g/mol. The van der Waals surface area contributed by atoms with Crippen molar-refractivity contribution in [3.05, 3.63) is 65.7 Å². The monoisotopic (exact) mass is 254 g/mol. The summed E-state index contributed by atoms with van der Waals surface area (Å²) in [5.41, 5.74) is 1.65. The number of hydrogen-bond donors (Lipinski definition) is 1. The number of aliphatic carboxylic acids is 1. The van der Waals surface area contributed by atoms with E-state index in [-0.39, 0.29) is 5.57 Å². The fourth-order valence-electron chi connectivity index (χ4n) is 1.83. The first-order chi connectivity index (χ1) is 9.22. The summed E-state index contributed by atoms with van der Waals surface area (Å²) in [6.45, 7) is 0. The number of carbonyl (C=O) groups is 1. The van der Waals surface area contributed by atoms with E-state index < -0.39 is 5.97 Å². The lowest BCUT2D eigenvalue weighted by Crippen LogP contribution is -1.99. The summed E-state index contributed by atoms with van der Waals surface area (Å²) in [6.07, 6.45) is 1.62. The van der Waals surface area contributed by atoms with E-state index in [1.807, 2.05) is 36.4 Å². The standard InChI is InChI=1S/C16H14O3/c1-19-15-10-6-5-9-13(15)11-14(16(17)18)12-7-3-2-4-8-12/h2-11H,1H3,(H,17,18)/b14-11+. The maximum absolute atomic E-state index is 11.4. The van der Waals surface area contributed by atoms with Crippen molar-refractivity contribution in [2.24, 2.45) is 0 Å². The van der Waals surface area contributed by atoms with Gasteiger partial charge in [-0.2, -0.15) is 0 Å². The molecule has 0 atom stereocenters. The van der Waals surface area contributed by atoms with Crippen molar-refractivity contribution in [1.82, 2.24) is 0 Å². The molecule has 3 heteroatoms. The van der Waals surface area contributed by atoms with E-state index in [4.69, 9.17) is 4.74 Å². The van der Waals surface area contributed by atoms with Crippen LogP contribution in [-0.4, -0.2) is 18.2 Å². The molecule has 0 aliphatic heterocycles. The second-order valence-corrected chi connectivity index (χ2v) is 3.97. The molecular formula is C16H14O3. The first-order valence-corrected chi connectivity index (χ1v) is 5.86. The van der Waals surface area contributed by atoms with E-state index in [1.165, 1.54) is 0 Å². The van der Waals surface area contributed by atoms with Crippen LogP contribution in [0.25, 0.3) is 11.6 Å². The van der Waals surface area contributed by atoms with E-state index in [2.05, 4.69) is 0 Å². The van der Waals surface area contributed by atoms with Gasteiger partial charge in [0.25, 0.3) is 0 Å². The van der Waals surface area contributed by atoms with Gasteiger partial charge in [-0.3, -0.25) is 0 Å². The van der Waals surface area contributed by atoms with Gasteiger partial charge in [-0.25, -0.2) is 4.79 Å². The number of hydrogen-bond acceptors (Lipinski definition) is 2. The Bertz CT molecular complexity index is 600. The summed E-state index contributed by atoms with van der Waals surface area (Å²) in [5.74, 6) is -0.311. The first kappa shape index (κ1) is 12.9. The van der Waals surface area contributed by atoms with Crippen molar-refractivity contribution >= 4 is 17.6 Å². The van der Waals surface area contributed by atoms with Gasteiger partial charge >= 0.3 is 5.97 Å². The fraction of sp³-hybridized carbons (Fsp3) is 0.0625. The van der Waals surface area contributed by atoms with Gasteiger partial charge < -0.3 is 9.84 Å². The van der Waals surface area contributed by atoms with Crippen molar-refractivity contribution in [3.63, 3.8) is 0 Å². The molecule has 0 bridgehead atoms. The minimum Gasteiger partial charge on any atom is -0.496 e. The molecule has 0 aliphatic rings. The summed E-state index contributed by atoms with van der Waals surface area (Å²) in [7, 11) is 1.57. The highest BCUT2D eigenvalue weighted by Crippen LogP contribution is 2.24. The molecule has 0 spiro atoms. The van der Waals surface area contributed by atoms with Gasteiger partial charge in [0.1, 0.15) is 5.75 Å². The van der Waals surface area contributed by atoms with Crippen molar-refractivity contribution in [2.75, 3.05) is 7.11 Å². The zero-order valence-electron chi connectivity index (χ0n) is 10.5. The quantitative estimate of drug-likeness (QED) is 0.672. The van der Waals surface area contributed by atoms with Crippen molar-refractivity contribution in [3.8, 4) is 5.75 Å². The van der Waals surface area contributed by atoms with Gasteiger partial charge in [0, 0.05) is 5.56 Å². The maximum atomic E-state index is 11.4. The van der Waals surface area contributed by atoms with Gasteiger partial charge in [0.15, 0.2) is 0 Å². The van der Waals surface area contributed by atoms with Crippen LogP contribution in [-0.2, 0) is 4.79 Å². The molecule has 0 amide bonds. The van der Waals surface area contributed by atoms with Gasteiger partial charge in [-0.1, -0.05) is 48.5 Å². The Balaban J connectivity index is 2.51. The zero-order chi connectivity index (χ0) is 13.7. The van der Waals surface area contributed by atoms with Gasteiger partial charge in [0.05, 0.1) is 12.7 Å². The summed E-state index contributed by atoms with van der Waals surface area (Å²) in [4.78, 5) is 11.4. The first-order valence-electron chi connectivity index (χ1n) is 5.86. The number of ether oxygens (including phenoxy) is 1. The third-order valence-corrected chi connectivity index (χ3v) is 2.75. The number of para-hydroxylation sites is 1. The van der Waals surface area contributed by atoms with Crippen LogP contribution in [0, 0.1) is 0 Å². The largest absolute Gasteiger partial charge is 0.496 e. The number of carboxylic acids is 1. The molecule has 0 saturated heterocycles. The van der Waals surface area contributed by atoms with Crippen LogP contribution in [0.2, 0.25) is 0 Å². The molecule has 0 heterocycles. The predicted octanol–water partition coefficient (Wildman–Crippen LogP) is 3.32. The third kappa shape index (κ3) is 3.01. The molecule has 96 valence electrons. The Hall–Kier alpha value is -2.55. The maximum Gasteiger partial charge on any atom is 0.336 e. The molecule has 0 aromatic heterocycles. The van der Waals surface area contributed by atoms with Crippen LogP contribution < -0.4 is 4.74 Å². The Morgan fingerprint density at radius 2 is 1.68 bits per heavy atom. The van der Waals surface area contributed by atoms with Crippen molar-refractivity contribution in [1.29, 1.82) is 0 Å². The minimum absolute atomic E-state index is 0.241. The number of methoxy groups -OCH3 is 1. The molecule has 0 unspecified atom stereocenters. The Morgan fingerprint density at radius 1 is 1.05 bits per heavy atom. The molecule has 2 aromatic rings. The van der Waals surface area contributed by atoms with E-state index >= 15 is 0 Å². The predicted molar refractivity (Wildman–Crippen MR) is 74.9 cm³/mol. The SMILES string of the molecule is COc1ccccc1/C=C(/C(=O)O)c1ccccc1. The molecule has 19 heavy (non-hydrogen) atoms. The topological polar surface area (TPSA) is 46.5 Å². The molecule has 0 aliphatic carbocycles. The second kappa shape index (κ2) is 5.87. The Kier molecular flexibility index (Phi) is 3.98. The number of carboxylic acid groups (broad SMARTS) is 1. The molecule has 3 nitrogen and oxygen atoms in total. The van der Waals surface area contributed by atoms with Crippen LogP contribution in [0.5, 0.6) is 5.75 Å². The fourth-order valence-corrected chi connectivity index (χ4v) is 1.83. The third-order valence-electron chi connectivity index (χ3n) is 2.75. The normalized spacial score (nSPS) is 11.1. The summed E-state index contributed by atoms with van der Waals surface area (Å²) >= 11 is 0. The average Bonchev–Trinajstić information content (AvgIpc) is 2.45. The van der Waals surface area contributed by atoms with Crippen LogP contribution in [0.1, 0.15) is 11.1 Å². The second-order valence-electron chi connectivity index (χ2n) is 3.97. The number of rotatable bonds is 4. The van der Waals surface area contributed by atoms with Crippen LogP contribution >= 0.6 is 0 Å². The molecule has 0 saturated carbocycles. The van der Waals surface area contributed by atoms with Gasteiger partial charge in [-0.15, -0.1) is 0 Å². The van der Waals surface area contributed by atoms with E-state index in [9.17, 15) is 9.90 Å². The highest BCUT2D eigenvalue weighted by Gasteiger charge is 2.11. The molecule has 2 aromatic carbocycles. The van der Waals surface area contributed by atoms with Gasteiger partial charge in [-0.05, 0) is 17.7 Å². The zero-order valence-corrected chi connectivity index (χ0v) is 10.5. The molecular weight excluding hydrogens is 240 g/mol. The van der Waals surface area contributed by atoms with Crippen LogP contribution in [0.3, 0.4) is 0 Å². The lowest BCUT2D eigenvalue weighted by Gasteiger charge is -2.06. The van der Waals surface area contributed by atoms with E-state index in [0.29, 0.717) is 11.3 Å². The van der Waals surface area contributed by atoms with E-state index in [1.54, 1.807) is 31.4 Å². The molecule has 0 radical (unpaired) electrons. The number of benzene rings is 2. The molecule has 0 fully saturated rings.